The number of rotatable bonds is 1. The second kappa shape index (κ2) is 6.09. The van der Waals surface area contributed by atoms with Gasteiger partial charge in [0.25, 0.3) is 0 Å². The largest absolute Gasteiger partial charge is 0.454 e. The topological polar surface area (TPSA) is 66.5 Å². The van der Waals surface area contributed by atoms with E-state index in [9.17, 15) is 4.79 Å². The molecule has 4 aliphatic heterocycles. The summed E-state index contributed by atoms with van der Waals surface area (Å²) in [5.74, 6) is 2.61. The zero-order chi connectivity index (χ0) is 21.6. The highest BCUT2D eigenvalue weighted by Crippen LogP contribution is 2.55. The van der Waals surface area contributed by atoms with Crippen molar-refractivity contribution in [1.29, 1.82) is 0 Å². The Hall–Kier alpha value is -3.87. The van der Waals surface area contributed by atoms with E-state index in [0.717, 1.165) is 44.6 Å². The molecule has 2 atom stereocenters. The molecule has 0 aliphatic carbocycles. The molecule has 0 bridgehead atoms. The predicted molar refractivity (Wildman–Crippen MR) is 116 cm³/mol. The monoisotopic (exact) mass is 429 g/mol. The zero-order valence-electron chi connectivity index (χ0n) is 17.5. The van der Waals surface area contributed by atoms with Crippen molar-refractivity contribution in [3.63, 3.8) is 0 Å². The lowest BCUT2D eigenvalue weighted by Crippen LogP contribution is -2.37. The number of carbonyl (C=O) groups is 1. The van der Waals surface area contributed by atoms with Gasteiger partial charge in [-0.1, -0.05) is 12.1 Å². The summed E-state index contributed by atoms with van der Waals surface area (Å²) < 4.78 is 28.6. The summed E-state index contributed by atoms with van der Waals surface area (Å²) in [6.07, 6.45) is 1.45. The van der Waals surface area contributed by atoms with Gasteiger partial charge in [-0.2, -0.15) is 0 Å². The van der Waals surface area contributed by atoms with E-state index in [1.165, 1.54) is 0 Å². The van der Waals surface area contributed by atoms with Crippen LogP contribution in [0.3, 0.4) is 0 Å². The smallest absolute Gasteiger partial charge is 0.334 e. The summed E-state index contributed by atoms with van der Waals surface area (Å²) in [6.45, 7) is 2.18. The van der Waals surface area contributed by atoms with E-state index in [0.29, 0.717) is 17.1 Å². The number of benzene rings is 3. The van der Waals surface area contributed by atoms with Crippen molar-refractivity contribution in [2.75, 3.05) is 25.5 Å². The molecule has 3 aromatic carbocycles. The Balaban J connectivity index is 1.53. The third-order valence-corrected chi connectivity index (χ3v) is 6.71. The van der Waals surface area contributed by atoms with Crippen LogP contribution in [0.4, 0.5) is 5.69 Å². The van der Waals surface area contributed by atoms with Gasteiger partial charge in [-0.05, 0) is 48.2 Å². The number of fused-ring (bicyclic) bond motifs is 8. The van der Waals surface area contributed by atoms with E-state index in [-0.39, 0.29) is 25.6 Å². The number of cyclic esters (lactones) is 1. The van der Waals surface area contributed by atoms with Crippen molar-refractivity contribution in [3.8, 4) is 34.1 Å². The van der Waals surface area contributed by atoms with Crippen LogP contribution in [0.15, 0.2) is 48.0 Å². The fourth-order valence-corrected chi connectivity index (χ4v) is 5.26. The first-order valence-corrected chi connectivity index (χ1v) is 10.5. The van der Waals surface area contributed by atoms with E-state index < -0.39 is 6.10 Å². The quantitative estimate of drug-likeness (QED) is 0.534. The van der Waals surface area contributed by atoms with Crippen LogP contribution in [0, 0.1) is 0 Å². The standard InChI is InChI=1S/C25H19NO6/c1-12-7-20(32-25(12)27)23-21-14(5-6-17-24(21)31-11-28-17)15-4-3-13-8-18-19(30-10-29-18)9-16(13)22(15)26(23)2/h3-9,20,23H,10-11H2,1-2H3/t20-,23+/m1/s1. The van der Waals surface area contributed by atoms with Crippen LogP contribution in [-0.4, -0.2) is 32.7 Å². The highest BCUT2D eigenvalue weighted by Gasteiger charge is 2.42. The summed E-state index contributed by atoms with van der Waals surface area (Å²) in [6, 6.07) is 12.0. The van der Waals surface area contributed by atoms with E-state index >= 15 is 0 Å². The summed E-state index contributed by atoms with van der Waals surface area (Å²) in [7, 11) is 2.03. The van der Waals surface area contributed by atoms with Crippen molar-refractivity contribution in [2.45, 2.75) is 19.1 Å². The lowest BCUT2D eigenvalue weighted by atomic mass is 9.83. The third-order valence-electron chi connectivity index (χ3n) is 6.71. The fraction of sp³-hybridized carbons (Fsp3) is 0.240. The SMILES string of the molecule is CC1=C[C@H]([C@H]2c3c(ccc4c3OCO4)-c3ccc4cc5c(cc4c3N2C)OCO5)OC1=O. The zero-order valence-corrected chi connectivity index (χ0v) is 17.5. The first kappa shape index (κ1) is 17.8. The normalized spacial score (nSPS) is 22.0. The molecule has 4 aliphatic rings. The average Bonchev–Trinajstić information content (AvgIpc) is 3.52. The molecule has 0 radical (unpaired) electrons. The third kappa shape index (κ3) is 2.22. The molecule has 0 N–H and O–H groups in total. The minimum absolute atomic E-state index is 0.176. The molecular formula is C25H19NO6. The minimum Gasteiger partial charge on any atom is -0.454 e. The second-order valence-corrected chi connectivity index (χ2v) is 8.42. The fourth-order valence-electron chi connectivity index (χ4n) is 5.26. The van der Waals surface area contributed by atoms with Gasteiger partial charge in [0.1, 0.15) is 6.10 Å². The number of carbonyl (C=O) groups excluding carboxylic acids is 1. The van der Waals surface area contributed by atoms with Crippen LogP contribution >= 0.6 is 0 Å². The van der Waals surface area contributed by atoms with Gasteiger partial charge in [0.15, 0.2) is 23.0 Å². The van der Waals surface area contributed by atoms with Gasteiger partial charge < -0.3 is 28.6 Å². The molecule has 0 amide bonds. The molecule has 0 saturated carbocycles. The number of esters is 1. The summed E-state index contributed by atoms with van der Waals surface area (Å²) in [4.78, 5) is 14.4. The van der Waals surface area contributed by atoms with Gasteiger partial charge >= 0.3 is 5.97 Å². The predicted octanol–water partition coefficient (Wildman–Crippen LogP) is 4.33. The van der Waals surface area contributed by atoms with E-state index in [1.807, 2.05) is 31.3 Å². The van der Waals surface area contributed by atoms with Gasteiger partial charge in [-0.25, -0.2) is 4.79 Å². The number of anilines is 1. The van der Waals surface area contributed by atoms with Crippen LogP contribution in [0.25, 0.3) is 21.9 Å². The van der Waals surface area contributed by atoms with Gasteiger partial charge in [-0.15, -0.1) is 0 Å². The minimum atomic E-state index is -0.445. The molecule has 7 nitrogen and oxygen atoms in total. The first-order valence-electron chi connectivity index (χ1n) is 10.5. The van der Waals surface area contributed by atoms with Gasteiger partial charge in [-0.3, -0.25) is 0 Å². The Bertz CT molecular complexity index is 1380. The molecule has 7 heteroatoms. The number of likely N-dealkylation sites (N-methyl/N-ethyl adjacent to an activating group) is 1. The molecule has 0 saturated heterocycles. The Morgan fingerprint density at radius 2 is 1.66 bits per heavy atom. The molecule has 160 valence electrons. The van der Waals surface area contributed by atoms with E-state index in [2.05, 4.69) is 23.1 Å². The van der Waals surface area contributed by atoms with Crippen LogP contribution in [0.2, 0.25) is 0 Å². The second-order valence-electron chi connectivity index (χ2n) is 8.42. The Kier molecular flexibility index (Phi) is 3.39. The molecular weight excluding hydrogens is 410 g/mol. The van der Waals surface area contributed by atoms with E-state index in [4.69, 9.17) is 23.7 Å². The first-order chi connectivity index (χ1) is 15.6. The molecule has 0 aromatic heterocycles. The summed E-state index contributed by atoms with van der Waals surface area (Å²) in [5.41, 5.74) is 4.75. The molecule has 32 heavy (non-hydrogen) atoms. The molecule has 3 aromatic rings. The van der Waals surface area contributed by atoms with Gasteiger partial charge in [0, 0.05) is 29.1 Å². The molecule has 0 spiro atoms. The Morgan fingerprint density at radius 3 is 2.47 bits per heavy atom. The maximum Gasteiger partial charge on any atom is 0.334 e. The lowest BCUT2D eigenvalue weighted by Gasteiger charge is -2.40. The van der Waals surface area contributed by atoms with Crippen molar-refractivity contribution >= 4 is 22.4 Å². The van der Waals surface area contributed by atoms with Crippen molar-refractivity contribution in [1.82, 2.24) is 0 Å². The number of nitrogens with zero attached hydrogens (tertiary/aromatic N) is 1. The van der Waals surface area contributed by atoms with Gasteiger partial charge in [0.2, 0.25) is 13.6 Å². The Labute approximate surface area is 183 Å². The highest BCUT2D eigenvalue weighted by atomic mass is 16.7. The molecule has 0 fully saturated rings. The van der Waals surface area contributed by atoms with Crippen molar-refractivity contribution in [3.05, 3.63) is 53.6 Å². The molecule has 7 rings (SSSR count). The Morgan fingerprint density at radius 1 is 0.906 bits per heavy atom. The van der Waals surface area contributed by atoms with Gasteiger partial charge in [0.05, 0.1) is 11.7 Å². The molecule has 4 heterocycles. The maximum absolute atomic E-state index is 12.3. The number of ether oxygens (including phenoxy) is 5. The van der Waals surface area contributed by atoms with Crippen molar-refractivity contribution < 1.29 is 28.5 Å². The number of hydrogen-bond acceptors (Lipinski definition) is 7. The maximum atomic E-state index is 12.3. The number of hydrogen-bond donors (Lipinski definition) is 0. The van der Waals surface area contributed by atoms with Crippen LogP contribution < -0.4 is 23.8 Å². The van der Waals surface area contributed by atoms with Crippen molar-refractivity contribution in [2.24, 2.45) is 0 Å². The lowest BCUT2D eigenvalue weighted by molar-refractivity contribution is -0.140. The van der Waals surface area contributed by atoms with Crippen LogP contribution in [0.1, 0.15) is 18.5 Å². The van der Waals surface area contributed by atoms with Crippen LogP contribution in [-0.2, 0) is 9.53 Å². The summed E-state index contributed by atoms with van der Waals surface area (Å²) in [5, 5.41) is 2.10. The van der Waals surface area contributed by atoms with Crippen LogP contribution in [0.5, 0.6) is 23.0 Å². The van der Waals surface area contributed by atoms with E-state index in [1.54, 1.807) is 6.92 Å². The summed E-state index contributed by atoms with van der Waals surface area (Å²) >= 11 is 0. The highest BCUT2D eigenvalue weighted by molar-refractivity contribution is 6.06. The molecule has 0 unspecified atom stereocenters. The average molecular weight is 429 g/mol.